The fourth-order valence-corrected chi connectivity index (χ4v) is 1.31. The van der Waals surface area contributed by atoms with Gasteiger partial charge in [-0.25, -0.2) is 0 Å². The molecule has 0 bridgehead atoms. The van der Waals surface area contributed by atoms with E-state index < -0.39 is 0 Å². The predicted molar refractivity (Wildman–Crippen MR) is 45.3 cm³/mol. The van der Waals surface area contributed by atoms with Crippen LogP contribution in [0, 0.1) is 0 Å². The molecule has 0 aromatic carbocycles. The Bertz CT molecular complexity index is 77.8. The van der Waals surface area contributed by atoms with E-state index in [-0.39, 0.29) is 0 Å². The Balaban J connectivity index is 3.56. The third kappa shape index (κ3) is 3.50. The van der Waals surface area contributed by atoms with Crippen molar-refractivity contribution >= 4 is 42.1 Å². The Morgan fingerprint density at radius 3 is 2.29 bits per heavy atom. The summed E-state index contributed by atoms with van der Waals surface area (Å²) in [5, 5.41) is 0. The molecule has 0 saturated carbocycles. The molecule has 0 saturated heterocycles. The van der Waals surface area contributed by atoms with Crippen LogP contribution < -0.4 is 0 Å². The van der Waals surface area contributed by atoms with Crippen molar-refractivity contribution in [2.24, 2.45) is 0 Å². The van der Waals surface area contributed by atoms with E-state index in [0.29, 0.717) is 0 Å². The first-order chi connectivity index (χ1) is 3.18. The molecule has 0 fully saturated rings. The molecule has 3 heteroatoms. The van der Waals surface area contributed by atoms with Crippen molar-refractivity contribution in [3.8, 4) is 0 Å². The highest BCUT2D eigenvalue weighted by atomic mass is 79.9. The topological polar surface area (TPSA) is 0 Å². The first kappa shape index (κ1) is 7.92. The van der Waals surface area contributed by atoms with Crippen LogP contribution in [0.5, 0.6) is 0 Å². The SMILES string of the molecule is CC([SiH3])C(Br)=CBr. The first-order valence-corrected chi connectivity index (χ1v) is 5.00. The van der Waals surface area contributed by atoms with Gasteiger partial charge in [0.15, 0.2) is 0 Å². The van der Waals surface area contributed by atoms with E-state index in [1.807, 2.05) is 4.99 Å². The third-order valence-corrected chi connectivity index (χ3v) is 4.38. The van der Waals surface area contributed by atoms with Gasteiger partial charge in [0.1, 0.15) is 0 Å². The minimum Gasteiger partial charge on any atom is -0.0612 e. The maximum Gasteiger partial charge on any atom is 0.0126 e. The van der Waals surface area contributed by atoms with Crippen molar-refractivity contribution in [1.29, 1.82) is 0 Å². The van der Waals surface area contributed by atoms with Crippen molar-refractivity contribution in [2.75, 3.05) is 0 Å². The van der Waals surface area contributed by atoms with Gasteiger partial charge in [-0.2, -0.15) is 0 Å². The van der Waals surface area contributed by atoms with Gasteiger partial charge >= 0.3 is 0 Å². The fourth-order valence-electron chi connectivity index (χ4n) is 0.126. The molecule has 0 aliphatic heterocycles. The minimum absolute atomic E-state index is 0.736. The summed E-state index contributed by atoms with van der Waals surface area (Å²) in [5.41, 5.74) is 0.736. The Labute approximate surface area is 64.1 Å². The van der Waals surface area contributed by atoms with E-state index in [2.05, 4.69) is 38.8 Å². The van der Waals surface area contributed by atoms with E-state index >= 15 is 0 Å². The molecule has 0 radical (unpaired) electrons. The molecule has 7 heavy (non-hydrogen) atoms. The molecule has 0 heterocycles. The number of allylic oxidation sites excluding steroid dienone is 1. The van der Waals surface area contributed by atoms with Crippen LogP contribution >= 0.6 is 31.9 Å². The quantitative estimate of drug-likeness (QED) is 0.617. The standard InChI is InChI=1S/C4H8Br2Si/c1-3(7)4(6)2-5/h2-3H,1,7H3. The van der Waals surface area contributed by atoms with Gasteiger partial charge in [-0.3, -0.25) is 0 Å². The first-order valence-electron chi connectivity index (χ1n) is 2.14. The van der Waals surface area contributed by atoms with Crippen molar-refractivity contribution in [1.82, 2.24) is 0 Å². The maximum absolute atomic E-state index is 3.39. The summed E-state index contributed by atoms with van der Waals surface area (Å²) in [7, 11) is 1.22. The summed E-state index contributed by atoms with van der Waals surface area (Å²) in [6, 6.07) is 0. The van der Waals surface area contributed by atoms with E-state index in [1.54, 1.807) is 0 Å². The average molecular weight is 244 g/mol. The molecule has 0 rings (SSSR count). The summed E-state index contributed by atoms with van der Waals surface area (Å²) < 4.78 is 1.26. The minimum atomic E-state index is 0.736. The van der Waals surface area contributed by atoms with Crippen molar-refractivity contribution in [3.63, 3.8) is 0 Å². The molecule has 0 spiro atoms. The Kier molecular flexibility index (Phi) is 4.37. The monoisotopic (exact) mass is 242 g/mol. The highest BCUT2D eigenvalue weighted by Gasteiger charge is 1.93. The van der Waals surface area contributed by atoms with Gasteiger partial charge < -0.3 is 0 Å². The Hall–Kier alpha value is 0.917. The second-order valence-corrected chi connectivity index (χ2v) is 4.75. The van der Waals surface area contributed by atoms with Crippen molar-refractivity contribution < 1.29 is 0 Å². The highest BCUT2D eigenvalue weighted by molar-refractivity contribution is 9.14. The summed E-state index contributed by atoms with van der Waals surface area (Å²) in [6.07, 6.45) is 0. The van der Waals surface area contributed by atoms with Crippen molar-refractivity contribution in [3.05, 3.63) is 9.47 Å². The lowest BCUT2D eigenvalue weighted by Gasteiger charge is -1.97. The van der Waals surface area contributed by atoms with Crippen molar-refractivity contribution in [2.45, 2.75) is 12.5 Å². The molecule has 0 nitrogen and oxygen atoms in total. The lowest BCUT2D eigenvalue weighted by Crippen LogP contribution is -1.80. The molecule has 42 valence electrons. The summed E-state index contributed by atoms with van der Waals surface area (Å²) in [5.74, 6) is 0. The number of halogens is 2. The van der Waals surface area contributed by atoms with Crippen LogP contribution in [-0.2, 0) is 0 Å². The van der Waals surface area contributed by atoms with E-state index in [4.69, 9.17) is 0 Å². The Morgan fingerprint density at radius 2 is 2.29 bits per heavy atom. The van der Waals surface area contributed by atoms with Gasteiger partial charge in [0.2, 0.25) is 0 Å². The molecular formula is C4H8Br2Si. The molecule has 1 atom stereocenters. The lowest BCUT2D eigenvalue weighted by atomic mass is 10.5. The van der Waals surface area contributed by atoms with Crippen LogP contribution in [0.4, 0.5) is 0 Å². The van der Waals surface area contributed by atoms with Crippen LogP contribution in [-0.4, -0.2) is 10.2 Å². The Morgan fingerprint density at radius 1 is 1.86 bits per heavy atom. The molecule has 0 aromatic rings. The van der Waals surface area contributed by atoms with E-state index in [0.717, 1.165) is 5.54 Å². The van der Waals surface area contributed by atoms with Crippen LogP contribution in [0.1, 0.15) is 6.92 Å². The number of hydrogen-bond acceptors (Lipinski definition) is 0. The largest absolute Gasteiger partial charge is 0.0612 e. The van der Waals surface area contributed by atoms with Crippen LogP contribution in [0.25, 0.3) is 0 Å². The molecule has 1 unspecified atom stereocenters. The van der Waals surface area contributed by atoms with E-state index in [1.165, 1.54) is 14.7 Å². The smallest absolute Gasteiger partial charge is 0.0126 e. The number of hydrogen-bond donors (Lipinski definition) is 0. The molecule has 0 aliphatic carbocycles. The zero-order chi connectivity index (χ0) is 5.86. The molecule has 0 aliphatic rings. The third-order valence-electron chi connectivity index (χ3n) is 0.656. The van der Waals surface area contributed by atoms with E-state index in [9.17, 15) is 0 Å². The number of rotatable bonds is 1. The van der Waals surface area contributed by atoms with Gasteiger partial charge in [0, 0.05) is 14.7 Å². The maximum atomic E-state index is 3.39. The highest BCUT2D eigenvalue weighted by Crippen LogP contribution is 2.20. The molecule has 0 aromatic heterocycles. The zero-order valence-electron chi connectivity index (χ0n) is 4.41. The van der Waals surface area contributed by atoms with Gasteiger partial charge in [-0.1, -0.05) is 38.8 Å². The van der Waals surface area contributed by atoms with Gasteiger partial charge in [-0.05, 0) is 10.5 Å². The van der Waals surface area contributed by atoms with Gasteiger partial charge in [0.05, 0.1) is 0 Å². The van der Waals surface area contributed by atoms with Gasteiger partial charge in [-0.15, -0.1) is 0 Å². The molecule has 0 N–H and O–H groups in total. The predicted octanol–water partition coefficient (Wildman–Crippen LogP) is 1.79. The van der Waals surface area contributed by atoms with Crippen LogP contribution in [0.3, 0.4) is 0 Å². The summed E-state index contributed by atoms with van der Waals surface area (Å²) in [4.78, 5) is 1.92. The summed E-state index contributed by atoms with van der Waals surface area (Å²) in [6.45, 7) is 2.19. The normalized spacial score (nSPS) is 17.3. The zero-order valence-corrected chi connectivity index (χ0v) is 9.58. The average Bonchev–Trinajstić information content (AvgIpc) is 1.65. The van der Waals surface area contributed by atoms with Crippen LogP contribution in [0.15, 0.2) is 9.47 Å². The van der Waals surface area contributed by atoms with Crippen LogP contribution in [0.2, 0.25) is 5.54 Å². The lowest BCUT2D eigenvalue weighted by molar-refractivity contribution is 1.20. The second-order valence-electron chi connectivity index (χ2n) is 1.65. The fraction of sp³-hybridized carbons (Fsp3) is 0.500. The second kappa shape index (κ2) is 3.86. The molecular weight excluding hydrogens is 236 g/mol. The molecule has 0 amide bonds. The van der Waals surface area contributed by atoms with Gasteiger partial charge in [0.25, 0.3) is 0 Å². The summed E-state index contributed by atoms with van der Waals surface area (Å²) >= 11 is 6.62.